The summed E-state index contributed by atoms with van der Waals surface area (Å²) >= 11 is 0. The van der Waals surface area contributed by atoms with Crippen LogP contribution >= 0.6 is 0 Å². The molecule has 0 spiro atoms. The lowest BCUT2D eigenvalue weighted by Crippen LogP contribution is -2.14. The van der Waals surface area contributed by atoms with Crippen LogP contribution in [0.5, 0.6) is 0 Å². The number of rotatable bonds is 5. The molecule has 1 unspecified atom stereocenters. The molecule has 0 heterocycles. The van der Waals surface area contributed by atoms with Crippen LogP contribution in [-0.2, 0) is 24.4 Å². The van der Waals surface area contributed by atoms with Crippen LogP contribution in [0.2, 0.25) is 0 Å². The van der Waals surface area contributed by atoms with Crippen LogP contribution in [0.3, 0.4) is 0 Å². The van der Waals surface area contributed by atoms with Crippen LogP contribution < -0.4 is 0 Å². The van der Waals surface area contributed by atoms with Gasteiger partial charge in [-0.05, 0) is 22.2 Å². The summed E-state index contributed by atoms with van der Waals surface area (Å²) in [5.41, 5.74) is 0.565. The van der Waals surface area contributed by atoms with Crippen molar-refractivity contribution in [3.05, 3.63) is 36.4 Å². The van der Waals surface area contributed by atoms with Gasteiger partial charge in [-0.1, -0.05) is 32.9 Å². The molecule has 1 aromatic rings. The summed E-state index contributed by atoms with van der Waals surface area (Å²) in [4.78, 5) is -0.525. The minimum Gasteiger partial charge on any atom is -0.211 e. The minimum atomic E-state index is -5.25. The highest BCUT2D eigenvalue weighted by atomic mass is 32.3. The van der Waals surface area contributed by atoms with Crippen LogP contribution in [0.4, 0.5) is 13.3 Å². The van der Waals surface area contributed by atoms with E-state index in [1.807, 2.05) is 0 Å². The van der Waals surface area contributed by atoms with Gasteiger partial charge in [0.15, 0.2) is 0 Å². The molecule has 0 saturated heterocycles. The third kappa shape index (κ3) is 3.55. The van der Waals surface area contributed by atoms with Gasteiger partial charge in [-0.3, -0.25) is 0 Å². The normalized spacial score (nSPS) is 14.9. The predicted octanol–water partition coefficient (Wildman–Crippen LogP) is 2.53. The predicted molar refractivity (Wildman–Crippen MR) is 62.5 cm³/mol. The van der Waals surface area contributed by atoms with Crippen LogP contribution in [0.15, 0.2) is 39.5 Å². The fraction of sp³-hybridized carbons (Fsp3) is 0.111. The Labute approximate surface area is 108 Å². The number of halogens is 3. The molecule has 1 rings (SSSR count). The van der Waals surface area contributed by atoms with Gasteiger partial charge in [-0.15, -0.1) is 0 Å². The first-order valence-corrected chi connectivity index (χ1v) is 7.52. The van der Waals surface area contributed by atoms with Gasteiger partial charge in [0.1, 0.15) is 0 Å². The average molecular weight is 315 g/mol. The Kier molecular flexibility index (Phi) is 4.71. The van der Waals surface area contributed by atoms with Gasteiger partial charge in [-0.25, -0.2) is 4.21 Å². The van der Waals surface area contributed by atoms with Crippen LogP contribution in [0.1, 0.15) is 5.56 Å². The van der Waals surface area contributed by atoms with E-state index in [2.05, 4.69) is 14.7 Å². The van der Waals surface area contributed by atoms with Crippen molar-refractivity contribution in [1.82, 2.24) is 0 Å². The Balaban J connectivity index is 3.35. The highest BCUT2D eigenvalue weighted by molar-refractivity contribution is 8.01. The van der Waals surface area contributed by atoms with Crippen LogP contribution in [0, 0.1) is 0 Å². The monoisotopic (exact) mass is 315 g/mol. The van der Waals surface area contributed by atoms with E-state index in [-0.39, 0.29) is 0 Å². The van der Waals surface area contributed by atoms with Crippen molar-refractivity contribution in [2.45, 2.75) is 10.7 Å². The summed E-state index contributed by atoms with van der Waals surface area (Å²) in [5.74, 6) is -3.90. The zero-order valence-electron chi connectivity index (χ0n) is 9.20. The molecule has 106 valence electrons. The van der Waals surface area contributed by atoms with Gasteiger partial charge in [0.25, 0.3) is 20.0 Å². The molecule has 0 radical (unpaired) electrons. The zero-order valence-corrected chi connectivity index (χ0v) is 10.8. The maximum absolute atomic E-state index is 12.2. The topological polar surface area (TPSA) is 72.8 Å². The van der Waals surface area contributed by atoms with Crippen LogP contribution in [-0.4, -0.2) is 18.4 Å². The van der Waals surface area contributed by atoms with E-state index in [1.165, 1.54) is 18.2 Å². The Morgan fingerprint density at radius 3 is 2.11 bits per heavy atom. The fourth-order valence-corrected chi connectivity index (χ4v) is 3.35. The van der Waals surface area contributed by atoms with E-state index in [0.29, 0.717) is 5.56 Å². The Bertz CT molecular complexity index is 676. The van der Waals surface area contributed by atoms with Gasteiger partial charge in [0.2, 0.25) is 0 Å². The second-order valence-corrected chi connectivity index (χ2v) is 6.69. The summed E-state index contributed by atoms with van der Waals surface area (Å²) < 4.78 is 75.3. The number of alkyl halides is 2. The molecule has 0 amide bonds. The first-order valence-electron chi connectivity index (χ1n) is 4.58. The van der Waals surface area contributed by atoms with E-state index < -0.39 is 30.7 Å². The molecule has 19 heavy (non-hydrogen) atoms. The largest absolute Gasteiger partial charge is 0.346 e. The van der Waals surface area contributed by atoms with E-state index >= 15 is 0 Å². The third-order valence-electron chi connectivity index (χ3n) is 1.93. The van der Waals surface area contributed by atoms with Gasteiger partial charge in [-0.2, -0.15) is 17.2 Å². The van der Waals surface area contributed by atoms with E-state index in [1.54, 1.807) is 0 Å². The van der Waals surface area contributed by atoms with E-state index in [0.717, 1.165) is 12.1 Å². The van der Waals surface area contributed by atoms with Gasteiger partial charge in [0, 0.05) is 0 Å². The smallest absolute Gasteiger partial charge is 0.211 e. The van der Waals surface area contributed by atoms with Gasteiger partial charge < -0.3 is 0 Å². The Morgan fingerprint density at radius 2 is 1.74 bits per heavy atom. The van der Waals surface area contributed by atoms with E-state index in [4.69, 9.17) is 0 Å². The van der Waals surface area contributed by atoms with Crippen molar-refractivity contribution in [2.75, 3.05) is 0 Å². The summed E-state index contributed by atoms with van der Waals surface area (Å²) in [7, 11) is -9.98. The summed E-state index contributed by atoms with van der Waals surface area (Å²) in [6.45, 7) is 3.43. The van der Waals surface area contributed by atoms with Crippen molar-refractivity contribution in [3.63, 3.8) is 0 Å². The molecule has 1 aromatic carbocycles. The first kappa shape index (κ1) is 15.7. The molecule has 0 aromatic heterocycles. The number of hydrogen-bond donors (Lipinski definition) is 0. The number of sulfonamides is 1. The van der Waals surface area contributed by atoms with Crippen molar-refractivity contribution in [1.29, 1.82) is 0 Å². The fourth-order valence-electron chi connectivity index (χ4n) is 1.03. The lowest BCUT2D eigenvalue weighted by atomic mass is 10.2. The summed E-state index contributed by atoms with van der Waals surface area (Å²) in [5, 5.41) is 0. The molecule has 1 atom stereocenters. The number of hydrogen-bond acceptors (Lipinski definition) is 4. The number of nitrogens with zero attached hydrogens (tertiary/aromatic N) is 1. The first-order chi connectivity index (χ1) is 8.75. The molecule has 0 aliphatic rings. The van der Waals surface area contributed by atoms with Crippen molar-refractivity contribution < 1.29 is 30.3 Å². The minimum absolute atomic E-state index is 0.525. The Hall–Kier alpha value is -1.39. The average Bonchev–Trinajstić information content (AvgIpc) is 2.38. The molecule has 0 aliphatic carbocycles. The Morgan fingerprint density at radius 1 is 1.21 bits per heavy atom. The standard InChI is InChI=1S/C9H8F3NO4S2/c1-2-7-3-5-8(6-4-7)18(14,15)13-19(16,17-12)9(10)11/h2-6,9H,1H2. The maximum Gasteiger partial charge on any atom is 0.346 e. The van der Waals surface area contributed by atoms with Crippen molar-refractivity contribution in [2.24, 2.45) is 3.77 Å². The second kappa shape index (κ2) is 5.72. The highest BCUT2D eigenvalue weighted by Gasteiger charge is 2.29. The molecule has 5 nitrogen and oxygen atoms in total. The quantitative estimate of drug-likeness (QED) is 0.837. The highest BCUT2D eigenvalue weighted by Crippen LogP contribution is 2.20. The molecule has 0 fully saturated rings. The number of benzene rings is 1. The molecule has 0 aliphatic heterocycles. The molecular weight excluding hydrogens is 307 g/mol. The molecule has 0 N–H and O–H groups in total. The van der Waals surface area contributed by atoms with Crippen LogP contribution in [0.25, 0.3) is 6.08 Å². The van der Waals surface area contributed by atoms with E-state index in [9.17, 15) is 25.9 Å². The molecule has 0 bridgehead atoms. The van der Waals surface area contributed by atoms with Crippen molar-refractivity contribution >= 4 is 26.1 Å². The summed E-state index contributed by atoms with van der Waals surface area (Å²) in [6, 6.07) is 4.69. The third-order valence-corrected chi connectivity index (χ3v) is 5.05. The molecule has 0 saturated carbocycles. The van der Waals surface area contributed by atoms with Gasteiger partial charge in [0.05, 0.1) is 4.90 Å². The lowest BCUT2D eigenvalue weighted by Gasteiger charge is -2.03. The van der Waals surface area contributed by atoms with Gasteiger partial charge >= 0.3 is 5.76 Å². The molecule has 10 heteroatoms. The summed E-state index contributed by atoms with van der Waals surface area (Å²) in [6.07, 6.45) is 1.42. The van der Waals surface area contributed by atoms with Crippen molar-refractivity contribution in [3.8, 4) is 0 Å². The lowest BCUT2D eigenvalue weighted by molar-refractivity contribution is -0.000781. The maximum atomic E-state index is 12.2. The molecular formula is C9H8F3NO4S2. The zero-order chi connectivity index (χ0) is 14.7. The second-order valence-electron chi connectivity index (χ2n) is 3.16. The SMILES string of the molecule is C=Cc1ccc(S(=O)(=O)N=S(=O)(OF)C(F)F)cc1.